The minimum Gasteiger partial charge on any atom is -0.372 e. The zero-order valence-corrected chi connectivity index (χ0v) is 14.7. The highest BCUT2D eigenvalue weighted by molar-refractivity contribution is 5.82. The van der Waals surface area contributed by atoms with Crippen LogP contribution in [-0.2, 0) is 16.1 Å². The second kappa shape index (κ2) is 8.10. The largest absolute Gasteiger partial charge is 0.372 e. The van der Waals surface area contributed by atoms with E-state index in [2.05, 4.69) is 36.8 Å². The van der Waals surface area contributed by atoms with Crippen molar-refractivity contribution >= 4 is 5.91 Å². The van der Waals surface area contributed by atoms with Gasteiger partial charge in [0.25, 0.3) is 0 Å². The standard InChI is InChI=1S/C19H29N3O2/c1-3-17-14(2)18(21-20-17)19(23)22-11-7-10-16(12-22)24-13-15-8-5-4-6-9-15/h4-6,8-9,14,16-18,20-21H,3,7,10-13H2,1-2H3. The normalized spacial score (nSPS) is 30.5. The molecule has 5 nitrogen and oxygen atoms in total. The van der Waals surface area contributed by atoms with Crippen molar-refractivity contribution in [2.24, 2.45) is 5.92 Å². The number of benzene rings is 1. The molecule has 4 unspecified atom stereocenters. The molecule has 4 atom stereocenters. The zero-order valence-electron chi connectivity index (χ0n) is 14.7. The highest BCUT2D eigenvalue weighted by Crippen LogP contribution is 2.22. The molecule has 2 saturated heterocycles. The van der Waals surface area contributed by atoms with Crippen molar-refractivity contribution in [3.8, 4) is 0 Å². The Morgan fingerprint density at radius 2 is 2.08 bits per heavy atom. The van der Waals surface area contributed by atoms with E-state index in [4.69, 9.17) is 4.74 Å². The summed E-state index contributed by atoms with van der Waals surface area (Å²) in [4.78, 5) is 14.8. The summed E-state index contributed by atoms with van der Waals surface area (Å²) < 4.78 is 6.05. The van der Waals surface area contributed by atoms with Crippen LogP contribution in [-0.4, -0.2) is 42.1 Å². The number of carbonyl (C=O) groups is 1. The number of amides is 1. The molecule has 2 fully saturated rings. The smallest absolute Gasteiger partial charge is 0.241 e. The Balaban J connectivity index is 1.52. The van der Waals surface area contributed by atoms with E-state index in [9.17, 15) is 4.79 Å². The molecule has 132 valence electrons. The van der Waals surface area contributed by atoms with Crippen LogP contribution in [0.2, 0.25) is 0 Å². The molecular weight excluding hydrogens is 302 g/mol. The SMILES string of the molecule is CCC1NNC(C(=O)N2CCCC(OCc3ccccc3)C2)C1C. The number of nitrogens with zero attached hydrogens (tertiary/aromatic N) is 1. The van der Waals surface area contributed by atoms with Crippen molar-refractivity contribution < 1.29 is 9.53 Å². The van der Waals surface area contributed by atoms with Crippen LogP contribution in [0, 0.1) is 5.92 Å². The van der Waals surface area contributed by atoms with Crippen molar-refractivity contribution in [3.05, 3.63) is 35.9 Å². The molecule has 1 aromatic rings. The number of ether oxygens (including phenoxy) is 1. The van der Waals surface area contributed by atoms with E-state index in [1.165, 1.54) is 5.56 Å². The molecule has 2 aliphatic rings. The summed E-state index contributed by atoms with van der Waals surface area (Å²) in [7, 11) is 0. The van der Waals surface area contributed by atoms with E-state index in [0.717, 1.165) is 25.8 Å². The third-order valence-corrected chi connectivity index (χ3v) is 5.31. The van der Waals surface area contributed by atoms with Crippen LogP contribution in [0.15, 0.2) is 30.3 Å². The molecular formula is C19H29N3O2. The molecule has 2 aliphatic heterocycles. The van der Waals surface area contributed by atoms with Gasteiger partial charge in [-0.3, -0.25) is 10.2 Å². The first-order valence-electron chi connectivity index (χ1n) is 9.14. The molecule has 0 saturated carbocycles. The van der Waals surface area contributed by atoms with Crippen molar-refractivity contribution in [1.82, 2.24) is 15.8 Å². The highest BCUT2D eigenvalue weighted by Gasteiger charge is 2.39. The highest BCUT2D eigenvalue weighted by atomic mass is 16.5. The zero-order chi connectivity index (χ0) is 16.9. The third-order valence-electron chi connectivity index (χ3n) is 5.31. The predicted molar refractivity (Wildman–Crippen MR) is 94.1 cm³/mol. The molecule has 0 aliphatic carbocycles. The van der Waals surface area contributed by atoms with Gasteiger partial charge in [-0.2, -0.15) is 0 Å². The van der Waals surface area contributed by atoms with Crippen LogP contribution in [0.3, 0.4) is 0 Å². The van der Waals surface area contributed by atoms with E-state index < -0.39 is 0 Å². The van der Waals surface area contributed by atoms with Crippen LogP contribution in [0.4, 0.5) is 0 Å². The fourth-order valence-corrected chi connectivity index (χ4v) is 3.71. The minimum absolute atomic E-state index is 0.122. The number of nitrogens with one attached hydrogen (secondary N) is 2. The Bertz CT molecular complexity index is 537. The first kappa shape index (κ1) is 17.4. The molecule has 5 heteroatoms. The number of piperidine rings is 1. The summed E-state index contributed by atoms with van der Waals surface area (Å²) in [6, 6.07) is 10.5. The predicted octanol–water partition coefficient (Wildman–Crippen LogP) is 2.09. The second-order valence-electron chi connectivity index (χ2n) is 6.99. The maximum Gasteiger partial charge on any atom is 0.241 e. The van der Waals surface area contributed by atoms with Gasteiger partial charge in [-0.15, -0.1) is 0 Å². The fourth-order valence-electron chi connectivity index (χ4n) is 3.71. The average Bonchev–Trinajstić information content (AvgIpc) is 3.01. The van der Waals surface area contributed by atoms with E-state index in [-0.39, 0.29) is 18.1 Å². The van der Waals surface area contributed by atoms with Crippen LogP contribution in [0.1, 0.15) is 38.7 Å². The summed E-state index contributed by atoms with van der Waals surface area (Å²) in [6.45, 7) is 6.46. The Morgan fingerprint density at radius 1 is 1.29 bits per heavy atom. The molecule has 24 heavy (non-hydrogen) atoms. The number of hydrogen-bond acceptors (Lipinski definition) is 4. The van der Waals surface area contributed by atoms with Gasteiger partial charge in [-0.25, -0.2) is 5.43 Å². The lowest BCUT2D eigenvalue weighted by Crippen LogP contribution is -2.51. The van der Waals surface area contributed by atoms with E-state index in [1.807, 2.05) is 23.1 Å². The monoisotopic (exact) mass is 331 g/mol. The molecule has 0 spiro atoms. The maximum absolute atomic E-state index is 12.9. The summed E-state index contributed by atoms with van der Waals surface area (Å²) in [5.74, 6) is 0.520. The van der Waals surface area contributed by atoms with Crippen LogP contribution < -0.4 is 10.9 Å². The molecule has 0 aromatic heterocycles. The maximum atomic E-state index is 12.9. The third kappa shape index (κ3) is 3.97. The van der Waals surface area contributed by atoms with Gasteiger partial charge in [0.05, 0.1) is 12.7 Å². The molecule has 3 rings (SSSR count). The van der Waals surface area contributed by atoms with Crippen molar-refractivity contribution in [2.75, 3.05) is 13.1 Å². The van der Waals surface area contributed by atoms with Gasteiger partial charge in [0.15, 0.2) is 0 Å². The van der Waals surface area contributed by atoms with Crippen molar-refractivity contribution in [2.45, 2.75) is 57.9 Å². The van der Waals surface area contributed by atoms with Crippen LogP contribution in [0.25, 0.3) is 0 Å². The Kier molecular flexibility index (Phi) is 5.87. The Labute approximate surface area is 144 Å². The van der Waals surface area contributed by atoms with Crippen LogP contribution >= 0.6 is 0 Å². The van der Waals surface area contributed by atoms with E-state index in [1.54, 1.807) is 0 Å². The van der Waals surface area contributed by atoms with E-state index in [0.29, 0.717) is 25.1 Å². The molecule has 2 N–H and O–H groups in total. The van der Waals surface area contributed by atoms with Gasteiger partial charge in [0, 0.05) is 19.1 Å². The molecule has 0 radical (unpaired) electrons. The number of hydrazine groups is 1. The lowest BCUT2D eigenvalue weighted by atomic mass is 9.93. The quantitative estimate of drug-likeness (QED) is 0.867. The van der Waals surface area contributed by atoms with Gasteiger partial charge < -0.3 is 9.64 Å². The number of likely N-dealkylation sites (tertiary alicyclic amines) is 1. The summed E-state index contributed by atoms with van der Waals surface area (Å²) in [6.07, 6.45) is 3.20. The number of rotatable bonds is 5. The lowest BCUT2D eigenvalue weighted by Gasteiger charge is -2.35. The second-order valence-corrected chi connectivity index (χ2v) is 6.99. The lowest BCUT2D eigenvalue weighted by molar-refractivity contribution is -0.138. The van der Waals surface area contributed by atoms with Gasteiger partial charge in [0.1, 0.15) is 6.04 Å². The number of carbonyl (C=O) groups excluding carboxylic acids is 1. The van der Waals surface area contributed by atoms with Crippen molar-refractivity contribution in [3.63, 3.8) is 0 Å². The summed E-state index contributed by atoms with van der Waals surface area (Å²) in [5, 5.41) is 0. The van der Waals surface area contributed by atoms with Crippen molar-refractivity contribution in [1.29, 1.82) is 0 Å². The van der Waals surface area contributed by atoms with Gasteiger partial charge in [-0.05, 0) is 30.7 Å². The Morgan fingerprint density at radius 3 is 2.79 bits per heavy atom. The molecule has 2 heterocycles. The Hall–Kier alpha value is -1.43. The topological polar surface area (TPSA) is 53.6 Å². The first-order chi connectivity index (χ1) is 11.7. The fraction of sp³-hybridized carbons (Fsp3) is 0.632. The first-order valence-corrected chi connectivity index (χ1v) is 9.14. The molecule has 1 aromatic carbocycles. The number of hydrogen-bond donors (Lipinski definition) is 2. The summed E-state index contributed by atoms with van der Waals surface area (Å²) >= 11 is 0. The summed E-state index contributed by atoms with van der Waals surface area (Å²) in [5.41, 5.74) is 7.63. The average molecular weight is 331 g/mol. The van der Waals surface area contributed by atoms with Gasteiger partial charge >= 0.3 is 0 Å². The minimum atomic E-state index is -0.122. The molecule has 0 bridgehead atoms. The van der Waals surface area contributed by atoms with Crippen LogP contribution in [0.5, 0.6) is 0 Å². The molecule has 1 amide bonds. The van der Waals surface area contributed by atoms with E-state index >= 15 is 0 Å². The van der Waals surface area contributed by atoms with Gasteiger partial charge in [0.2, 0.25) is 5.91 Å². The van der Waals surface area contributed by atoms with Gasteiger partial charge in [-0.1, -0.05) is 44.2 Å².